The van der Waals surface area contributed by atoms with Crippen molar-refractivity contribution in [2.45, 2.75) is 6.54 Å². The van der Waals surface area contributed by atoms with Crippen LogP contribution in [0.4, 0.5) is 4.79 Å². The quantitative estimate of drug-likeness (QED) is 0.817. The number of benzene rings is 1. The first-order valence-corrected chi connectivity index (χ1v) is 5.88. The number of nitrogens with zero attached hydrogens (tertiary/aromatic N) is 1. The van der Waals surface area contributed by atoms with E-state index in [1.807, 2.05) is 36.2 Å². The zero-order valence-corrected chi connectivity index (χ0v) is 11.4. The fraction of sp³-hybridized carbons (Fsp3) is 0.385. The van der Waals surface area contributed by atoms with E-state index in [2.05, 4.69) is 10.6 Å². The largest absolute Gasteiger partial charge is 0.497 e. The molecular weight excluding hydrogens is 246 g/mol. The number of hydrogen-bond acceptors (Lipinski definition) is 4. The Morgan fingerprint density at radius 1 is 1.37 bits per heavy atom. The Bertz CT molecular complexity index is 449. The van der Waals surface area contributed by atoms with Crippen molar-refractivity contribution >= 4 is 11.9 Å². The standard InChI is InChI=1S/C13H19N3O3/c1-14-13(18)15-12(17)9-16(2)8-10-5-4-6-11(7-10)19-3/h4-7H,8-9H2,1-3H3,(H2,14,15,17,18). The summed E-state index contributed by atoms with van der Waals surface area (Å²) in [7, 11) is 4.88. The molecule has 0 aromatic heterocycles. The number of carbonyl (C=O) groups is 2. The number of nitrogens with one attached hydrogen (secondary N) is 2. The van der Waals surface area contributed by atoms with Crippen LogP contribution in [-0.4, -0.2) is 44.6 Å². The smallest absolute Gasteiger partial charge is 0.321 e. The first kappa shape index (κ1) is 15.0. The number of likely N-dealkylation sites (N-methyl/N-ethyl adjacent to an activating group) is 1. The van der Waals surface area contributed by atoms with Crippen molar-refractivity contribution in [2.75, 3.05) is 27.7 Å². The maximum absolute atomic E-state index is 11.5. The number of imide groups is 1. The van der Waals surface area contributed by atoms with Gasteiger partial charge in [-0.05, 0) is 24.7 Å². The molecule has 0 aliphatic heterocycles. The van der Waals surface area contributed by atoms with Gasteiger partial charge in [0.2, 0.25) is 5.91 Å². The van der Waals surface area contributed by atoms with Crippen molar-refractivity contribution in [3.05, 3.63) is 29.8 Å². The van der Waals surface area contributed by atoms with Gasteiger partial charge in [-0.25, -0.2) is 4.79 Å². The Balaban J connectivity index is 2.48. The van der Waals surface area contributed by atoms with Gasteiger partial charge < -0.3 is 10.1 Å². The predicted molar refractivity (Wildman–Crippen MR) is 71.9 cm³/mol. The molecule has 0 atom stereocenters. The molecule has 1 rings (SSSR count). The van der Waals surface area contributed by atoms with Gasteiger partial charge in [-0.1, -0.05) is 12.1 Å². The summed E-state index contributed by atoms with van der Waals surface area (Å²) < 4.78 is 5.13. The maximum atomic E-state index is 11.5. The molecule has 6 nitrogen and oxygen atoms in total. The van der Waals surface area contributed by atoms with Crippen LogP contribution in [-0.2, 0) is 11.3 Å². The highest BCUT2D eigenvalue weighted by Crippen LogP contribution is 2.13. The third-order valence-electron chi connectivity index (χ3n) is 2.48. The first-order valence-electron chi connectivity index (χ1n) is 5.88. The molecule has 0 saturated heterocycles. The molecule has 0 unspecified atom stereocenters. The highest BCUT2D eigenvalue weighted by Gasteiger charge is 2.09. The minimum atomic E-state index is -0.500. The summed E-state index contributed by atoms with van der Waals surface area (Å²) in [6.45, 7) is 0.739. The summed E-state index contributed by atoms with van der Waals surface area (Å²) in [4.78, 5) is 24.3. The molecule has 2 N–H and O–H groups in total. The Labute approximate surface area is 112 Å². The zero-order valence-electron chi connectivity index (χ0n) is 11.4. The molecule has 0 heterocycles. The number of urea groups is 1. The Morgan fingerprint density at radius 2 is 2.11 bits per heavy atom. The van der Waals surface area contributed by atoms with E-state index >= 15 is 0 Å². The highest BCUT2D eigenvalue weighted by molar-refractivity contribution is 5.95. The van der Waals surface area contributed by atoms with Gasteiger partial charge in [0.15, 0.2) is 0 Å². The Kier molecular flexibility index (Phi) is 5.81. The lowest BCUT2D eigenvalue weighted by atomic mass is 10.2. The number of methoxy groups -OCH3 is 1. The topological polar surface area (TPSA) is 70.7 Å². The number of amides is 3. The summed E-state index contributed by atoms with van der Waals surface area (Å²) in [5.74, 6) is 0.436. The van der Waals surface area contributed by atoms with E-state index in [0.29, 0.717) is 6.54 Å². The van der Waals surface area contributed by atoms with Crippen molar-refractivity contribution in [1.29, 1.82) is 0 Å². The van der Waals surface area contributed by atoms with Crippen LogP contribution >= 0.6 is 0 Å². The SMILES string of the molecule is CNC(=O)NC(=O)CN(C)Cc1cccc(OC)c1. The van der Waals surface area contributed by atoms with Crippen LogP contribution in [0.1, 0.15) is 5.56 Å². The van der Waals surface area contributed by atoms with Crippen molar-refractivity contribution in [3.8, 4) is 5.75 Å². The fourth-order valence-electron chi connectivity index (χ4n) is 1.61. The summed E-state index contributed by atoms with van der Waals surface area (Å²) >= 11 is 0. The average Bonchev–Trinajstić information content (AvgIpc) is 2.38. The summed E-state index contributed by atoms with van der Waals surface area (Å²) in [6, 6.07) is 7.12. The molecule has 104 valence electrons. The van der Waals surface area contributed by atoms with Gasteiger partial charge in [0.1, 0.15) is 5.75 Å². The monoisotopic (exact) mass is 265 g/mol. The molecular formula is C13H19N3O3. The second-order valence-corrected chi connectivity index (χ2v) is 4.15. The Morgan fingerprint density at radius 3 is 2.74 bits per heavy atom. The average molecular weight is 265 g/mol. The van der Waals surface area contributed by atoms with Crippen LogP contribution in [0.25, 0.3) is 0 Å². The second kappa shape index (κ2) is 7.38. The molecule has 1 aromatic carbocycles. The van der Waals surface area contributed by atoms with Crippen LogP contribution < -0.4 is 15.4 Å². The predicted octanol–water partition coefficient (Wildman–Crippen LogP) is 0.583. The van der Waals surface area contributed by atoms with Crippen molar-refractivity contribution < 1.29 is 14.3 Å². The Hall–Kier alpha value is -2.08. The molecule has 0 fully saturated rings. The van der Waals surface area contributed by atoms with Crippen molar-refractivity contribution in [1.82, 2.24) is 15.5 Å². The lowest BCUT2D eigenvalue weighted by Crippen LogP contribution is -2.42. The normalized spacial score (nSPS) is 10.1. The highest BCUT2D eigenvalue weighted by atomic mass is 16.5. The molecule has 3 amide bonds. The van der Waals surface area contributed by atoms with Crippen LogP contribution in [0.5, 0.6) is 5.75 Å². The minimum absolute atomic E-state index is 0.143. The molecule has 0 radical (unpaired) electrons. The van der Waals surface area contributed by atoms with Crippen molar-refractivity contribution in [3.63, 3.8) is 0 Å². The van der Waals surface area contributed by atoms with E-state index in [0.717, 1.165) is 11.3 Å². The minimum Gasteiger partial charge on any atom is -0.497 e. The van der Waals surface area contributed by atoms with Crippen LogP contribution in [0.3, 0.4) is 0 Å². The maximum Gasteiger partial charge on any atom is 0.321 e. The summed E-state index contributed by atoms with van der Waals surface area (Å²) in [5.41, 5.74) is 1.04. The van der Waals surface area contributed by atoms with Crippen LogP contribution in [0.2, 0.25) is 0 Å². The second-order valence-electron chi connectivity index (χ2n) is 4.15. The molecule has 0 saturated carbocycles. The summed E-state index contributed by atoms with van der Waals surface area (Å²) in [5, 5.41) is 4.54. The van der Waals surface area contributed by atoms with Crippen LogP contribution in [0.15, 0.2) is 24.3 Å². The van der Waals surface area contributed by atoms with Crippen molar-refractivity contribution in [2.24, 2.45) is 0 Å². The number of carbonyl (C=O) groups excluding carboxylic acids is 2. The molecule has 0 bridgehead atoms. The molecule has 6 heteroatoms. The molecule has 1 aromatic rings. The number of ether oxygens (including phenoxy) is 1. The third kappa shape index (κ3) is 5.39. The van der Waals surface area contributed by atoms with E-state index in [1.54, 1.807) is 7.11 Å². The lowest BCUT2D eigenvalue weighted by Gasteiger charge is -2.16. The van der Waals surface area contributed by atoms with E-state index in [-0.39, 0.29) is 12.5 Å². The van der Waals surface area contributed by atoms with Gasteiger partial charge in [-0.2, -0.15) is 0 Å². The van der Waals surface area contributed by atoms with E-state index in [9.17, 15) is 9.59 Å². The summed E-state index contributed by atoms with van der Waals surface area (Å²) in [6.07, 6.45) is 0. The van der Waals surface area contributed by atoms with E-state index < -0.39 is 6.03 Å². The molecule has 0 aliphatic carbocycles. The van der Waals surface area contributed by atoms with Gasteiger partial charge in [0, 0.05) is 13.6 Å². The van der Waals surface area contributed by atoms with Gasteiger partial charge in [0.25, 0.3) is 0 Å². The van der Waals surface area contributed by atoms with Gasteiger partial charge in [-0.3, -0.25) is 15.0 Å². The lowest BCUT2D eigenvalue weighted by molar-refractivity contribution is -0.120. The molecule has 19 heavy (non-hydrogen) atoms. The molecule has 0 spiro atoms. The third-order valence-corrected chi connectivity index (χ3v) is 2.48. The molecule has 0 aliphatic rings. The number of rotatable bonds is 5. The van der Waals surface area contributed by atoms with Gasteiger partial charge >= 0.3 is 6.03 Å². The van der Waals surface area contributed by atoms with E-state index in [1.165, 1.54) is 7.05 Å². The van der Waals surface area contributed by atoms with Gasteiger partial charge in [-0.15, -0.1) is 0 Å². The van der Waals surface area contributed by atoms with Crippen LogP contribution in [0, 0.1) is 0 Å². The zero-order chi connectivity index (χ0) is 14.3. The number of hydrogen-bond donors (Lipinski definition) is 2. The van der Waals surface area contributed by atoms with Gasteiger partial charge in [0.05, 0.1) is 13.7 Å². The first-order chi connectivity index (χ1) is 9.05. The fourth-order valence-corrected chi connectivity index (χ4v) is 1.61. The van der Waals surface area contributed by atoms with E-state index in [4.69, 9.17) is 4.74 Å².